The number of halogens is 1. The Kier molecular flexibility index (Phi) is 2.27. The van der Waals surface area contributed by atoms with Crippen molar-refractivity contribution < 1.29 is 17.6 Å². The van der Waals surface area contributed by atoms with Crippen LogP contribution in [0.5, 0.6) is 0 Å². The third-order valence-electron chi connectivity index (χ3n) is 1.86. The van der Waals surface area contributed by atoms with Crippen molar-refractivity contribution in [2.75, 3.05) is 5.75 Å². The van der Waals surface area contributed by atoms with Crippen molar-refractivity contribution in [2.45, 2.75) is 24.3 Å². The molecule has 1 heterocycles. The van der Waals surface area contributed by atoms with E-state index in [0.717, 1.165) is 0 Å². The van der Waals surface area contributed by atoms with Crippen LogP contribution in [-0.2, 0) is 14.6 Å². The van der Waals surface area contributed by atoms with Gasteiger partial charge < -0.3 is 4.79 Å². The fraction of sp³-hybridized carbons (Fsp3) is 0.833. The predicted molar refractivity (Wildman–Crippen MR) is 37.8 cm³/mol. The maximum atomic E-state index is 12.6. The van der Waals surface area contributed by atoms with Crippen LogP contribution in [0.15, 0.2) is 0 Å². The van der Waals surface area contributed by atoms with Gasteiger partial charge in [-0.3, -0.25) is 0 Å². The average Bonchev–Trinajstić information content (AvgIpc) is 2.28. The fourth-order valence-electron chi connectivity index (χ4n) is 1.26. The van der Waals surface area contributed by atoms with Crippen molar-refractivity contribution in [3.8, 4) is 0 Å². The first-order valence-electron chi connectivity index (χ1n) is 3.39. The standard InChI is InChI=1S/C6H9FO3S/c7-5(4-8)6-2-1-3-11(6,9)10/h4-6H,1-3H2. The molecule has 1 rings (SSSR count). The first-order valence-corrected chi connectivity index (χ1v) is 5.10. The minimum absolute atomic E-state index is 0.0198. The summed E-state index contributed by atoms with van der Waals surface area (Å²) in [5, 5.41) is -1.07. The van der Waals surface area contributed by atoms with Gasteiger partial charge in [0.2, 0.25) is 0 Å². The molecular weight excluding hydrogens is 171 g/mol. The van der Waals surface area contributed by atoms with Gasteiger partial charge in [-0.2, -0.15) is 0 Å². The van der Waals surface area contributed by atoms with Crippen molar-refractivity contribution in [1.82, 2.24) is 0 Å². The number of rotatable bonds is 2. The summed E-state index contributed by atoms with van der Waals surface area (Å²) in [6, 6.07) is 0. The molecule has 0 bridgehead atoms. The van der Waals surface area contributed by atoms with Crippen LogP contribution in [0.25, 0.3) is 0 Å². The van der Waals surface area contributed by atoms with Crippen molar-refractivity contribution in [3.63, 3.8) is 0 Å². The molecule has 3 nitrogen and oxygen atoms in total. The largest absolute Gasteiger partial charge is 0.300 e. The fourth-order valence-corrected chi connectivity index (χ4v) is 3.12. The first-order chi connectivity index (χ1) is 5.08. The maximum Gasteiger partial charge on any atom is 0.172 e. The normalized spacial score (nSPS) is 31.5. The molecule has 0 radical (unpaired) electrons. The number of alkyl halides is 1. The molecule has 0 saturated carbocycles. The van der Waals surface area contributed by atoms with Crippen LogP contribution in [0.1, 0.15) is 12.8 Å². The Balaban J connectivity index is 2.81. The molecule has 2 atom stereocenters. The predicted octanol–water partition coefficient (Wildman–Crippen LogP) is 0.101. The average molecular weight is 180 g/mol. The molecule has 0 N–H and O–H groups in total. The number of aldehydes is 1. The Morgan fingerprint density at radius 2 is 2.18 bits per heavy atom. The van der Waals surface area contributed by atoms with E-state index in [-0.39, 0.29) is 18.5 Å². The highest BCUT2D eigenvalue weighted by atomic mass is 32.2. The lowest BCUT2D eigenvalue weighted by Gasteiger charge is -2.07. The number of carbonyl (C=O) groups excluding carboxylic acids is 1. The molecule has 11 heavy (non-hydrogen) atoms. The topological polar surface area (TPSA) is 51.2 Å². The minimum Gasteiger partial charge on any atom is -0.300 e. The summed E-state index contributed by atoms with van der Waals surface area (Å²) in [4.78, 5) is 9.94. The highest BCUT2D eigenvalue weighted by Crippen LogP contribution is 2.23. The van der Waals surface area contributed by atoms with Crippen LogP contribution in [0.2, 0.25) is 0 Å². The molecule has 64 valence electrons. The molecule has 0 aromatic rings. The second kappa shape index (κ2) is 2.89. The van der Waals surface area contributed by atoms with Crippen molar-refractivity contribution in [3.05, 3.63) is 0 Å². The third-order valence-corrected chi connectivity index (χ3v) is 4.14. The lowest BCUT2D eigenvalue weighted by atomic mass is 10.2. The van der Waals surface area contributed by atoms with Crippen molar-refractivity contribution in [2.24, 2.45) is 0 Å². The number of hydrogen-bond acceptors (Lipinski definition) is 3. The number of sulfone groups is 1. The molecule has 1 saturated heterocycles. The smallest absolute Gasteiger partial charge is 0.172 e. The van der Waals surface area contributed by atoms with Gasteiger partial charge in [0.1, 0.15) is 0 Å². The summed E-state index contributed by atoms with van der Waals surface area (Å²) in [7, 11) is -3.30. The highest BCUT2D eigenvalue weighted by Gasteiger charge is 2.37. The SMILES string of the molecule is O=CC(F)C1CCCS1(=O)=O. The lowest BCUT2D eigenvalue weighted by Crippen LogP contribution is -2.28. The van der Waals surface area contributed by atoms with Crippen LogP contribution in [0.4, 0.5) is 4.39 Å². The second-order valence-electron chi connectivity index (χ2n) is 2.63. The zero-order valence-corrected chi connectivity index (χ0v) is 6.68. The maximum absolute atomic E-state index is 12.6. The highest BCUT2D eigenvalue weighted by molar-refractivity contribution is 7.92. The Bertz CT molecular complexity index is 247. The molecule has 1 aliphatic heterocycles. The van der Waals surface area contributed by atoms with Gasteiger partial charge in [0, 0.05) is 0 Å². The number of hydrogen-bond donors (Lipinski definition) is 0. The monoisotopic (exact) mass is 180 g/mol. The molecule has 5 heteroatoms. The molecule has 0 aromatic carbocycles. The summed E-state index contributed by atoms with van der Waals surface area (Å²) < 4.78 is 34.5. The van der Waals surface area contributed by atoms with E-state index < -0.39 is 21.3 Å². The zero-order valence-electron chi connectivity index (χ0n) is 5.86. The van der Waals surface area contributed by atoms with Gasteiger partial charge in [-0.05, 0) is 12.8 Å². The van der Waals surface area contributed by atoms with Gasteiger partial charge in [-0.15, -0.1) is 0 Å². The van der Waals surface area contributed by atoms with Gasteiger partial charge in [0.05, 0.1) is 11.0 Å². The zero-order chi connectivity index (χ0) is 8.48. The van der Waals surface area contributed by atoms with E-state index >= 15 is 0 Å². The molecule has 0 spiro atoms. The molecule has 1 fully saturated rings. The minimum atomic E-state index is -3.30. The van der Waals surface area contributed by atoms with Crippen molar-refractivity contribution >= 4 is 16.1 Å². The molecule has 1 aliphatic rings. The summed E-state index contributed by atoms with van der Waals surface area (Å²) >= 11 is 0. The van der Waals surface area contributed by atoms with E-state index in [0.29, 0.717) is 6.42 Å². The molecule has 0 amide bonds. The molecule has 0 aliphatic carbocycles. The van der Waals surface area contributed by atoms with Gasteiger partial charge in [0.25, 0.3) is 0 Å². The molecule has 2 unspecified atom stereocenters. The van der Waals surface area contributed by atoms with Gasteiger partial charge >= 0.3 is 0 Å². The number of carbonyl (C=O) groups is 1. The van der Waals surface area contributed by atoms with Crippen LogP contribution in [-0.4, -0.2) is 31.9 Å². The third kappa shape index (κ3) is 1.58. The van der Waals surface area contributed by atoms with Crippen LogP contribution >= 0.6 is 0 Å². The molecular formula is C6H9FO3S. The first kappa shape index (κ1) is 8.64. The summed E-state index contributed by atoms with van der Waals surface area (Å²) in [6.07, 6.45) is -1.01. The molecule has 0 aromatic heterocycles. The van der Waals surface area contributed by atoms with Crippen LogP contribution in [0.3, 0.4) is 0 Å². The summed E-state index contributed by atoms with van der Waals surface area (Å²) in [6.45, 7) is 0. The Morgan fingerprint density at radius 1 is 1.55 bits per heavy atom. The quantitative estimate of drug-likeness (QED) is 0.566. The second-order valence-corrected chi connectivity index (χ2v) is 4.97. The van der Waals surface area contributed by atoms with E-state index in [9.17, 15) is 17.6 Å². The van der Waals surface area contributed by atoms with Gasteiger partial charge in [0.15, 0.2) is 22.3 Å². The van der Waals surface area contributed by atoms with E-state index in [1.807, 2.05) is 0 Å². The lowest BCUT2D eigenvalue weighted by molar-refractivity contribution is -0.112. The summed E-state index contributed by atoms with van der Waals surface area (Å²) in [5.41, 5.74) is 0. The van der Waals surface area contributed by atoms with Crippen molar-refractivity contribution in [1.29, 1.82) is 0 Å². The van der Waals surface area contributed by atoms with Crippen LogP contribution < -0.4 is 0 Å². The van der Waals surface area contributed by atoms with E-state index in [1.54, 1.807) is 0 Å². The van der Waals surface area contributed by atoms with E-state index in [2.05, 4.69) is 0 Å². The van der Waals surface area contributed by atoms with Gasteiger partial charge in [-0.25, -0.2) is 12.8 Å². The van der Waals surface area contributed by atoms with Gasteiger partial charge in [-0.1, -0.05) is 0 Å². The Morgan fingerprint density at radius 3 is 2.55 bits per heavy atom. The van der Waals surface area contributed by atoms with Crippen LogP contribution in [0, 0.1) is 0 Å². The van der Waals surface area contributed by atoms with E-state index in [1.165, 1.54) is 0 Å². The Hall–Kier alpha value is -0.450. The van der Waals surface area contributed by atoms with E-state index in [4.69, 9.17) is 0 Å². The summed E-state index contributed by atoms with van der Waals surface area (Å²) in [5.74, 6) is 0.0198. The Labute approximate surface area is 64.5 Å².